The molecule has 2 rings (SSSR count). The Morgan fingerprint density at radius 2 is 2.11 bits per heavy atom. The summed E-state index contributed by atoms with van der Waals surface area (Å²) < 4.78 is 6.61. The third-order valence-electron chi connectivity index (χ3n) is 2.18. The van der Waals surface area contributed by atoms with E-state index in [9.17, 15) is 4.79 Å². The summed E-state index contributed by atoms with van der Waals surface area (Å²) in [5, 5.41) is 0. The number of hydrogen-bond donors (Lipinski definition) is 2. The highest BCUT2D eigenvalue weighted by Gasteiger charge is 2.11. The number of rotatable bonds is 3. The predicted molar refractivity (Wildman–Crippen MR) is 76.4 cm³/mol. The average molecular weight is 355 g/mol. The molecule has 0 unspecified atom stereocenters. The van der Waals surface area contributed by atoms with Crippen molar-refractivity contribution >= 4 is 34.3 Å². The summed E-state index contributed by atoms with van der Waals surface area (Å²) in [4.78, 5) is 15.2. The largest absolute Gasteiger partial charge is 0.455 e. The molecular formula is C12H10IN3O2. The fourth-order valence-electron chi connectivity index (χ4n) is 1.39. The van der Waals surface area contributed by atoms with Gasteiger partial charge in [0.2, 0.25) is 0 Å². The van der Waals surface area contributed by atoms with Crippen LogP contribution in [0.25, 0.3) is 0 Å². The Kier molecular flexibility index (Phi) is 3.66. The Morgan fingerprint density at radius 3 is 2.78 bits per heavy atom. The summed E-state index contributed by atoms with van der Waals surface area (Å²) in [5.41, 5.74) is 11.0. The molecule has 1 aromatic carbocycles. The minimum absolute atomic E-state index is 0.210. The molecule has 0 aliphatic carbocycles. The third kappa shape index (κ3) is 2.89. The van der Waals surface area contributed by atoms with Crippen LogP contribution in [0, 0.1) is 3.57 Å². The minimum atomic E-state index is -0.607. The number of pyridine rings is 1. The van der Waals surface area contributed by atoms with Gasteiger partial charge < -0.3 is 16.2 Å². The van der Waals surface area contributed by atoms with Gasteiger partial charge in [-0.25, -0.2) is 4.98 Å². The molecule has 0 radical (unpaired) electrons. The van der Waals surface area contributed by atoms with Crippen LogP contribution in [-0.2, 0) is 0 Å². The smallest absolute Gasteiger partial charge is 0.252 e. The number of nitrogens with zero attached hydrogens (tertiary/aromatic N) is 1. The molecule has 5 nitrogen and oxygen atoms in total. The topological polar surface area (TPSA) is 91.2 Å². The monoisotopic (exact) mass is 355 g/mol. The highest BCUT2D eigenvalue weighted by Crippen LogP contribution is 2.26. The number of benzene rings is 1. The first-order chi connectivity index (χ1) is 8.56. The summed E-state index contributed by atoms with van der Waals surface area (Å²) in [6.45, 7) is 0. The highest BCUT2D eigenvalue weighted by atomic mass is 127. The van der Waals surface area contributed by atoms with Crippen LogP contribution in [0.5, 0.6) is 11.5 Å². The van der Waals surface area contributed by atoms with Gasteiger partial charge in [-0.3, -0.25) is 4.79 Å². The number of amides is 1. The normalized spacial score (nSPS) is 10.1. The van der Waals surface area contributed by atoms with Crippen LogP contribution in [0.2, 0.25) is 0 Å². The van der Waals surface area contributed by atoms with Crippen molar-refractivity contribution in [1.82, 2.24) is 4.98 Å². The van der Waals surface area contributed by atoms with Crippen molar-refractivity contribution in [3.05, 3.63) is 45.7 Å². The first kappa shape index (κ1) is 12.6. The highest BCUT2D eigenvalue weighted by molar-refractivity contribution is 14.1. The summed E-state index contributed by atoms with van der Waals surface area (Å²) in [6.07, 6.45) is 1.38. The van der Waals surface area contributed by atoms with Crippen LogP contribution in [0.4, 0.5) is 5.82 Å². The van der Waals surface area contributed by atoms with E-state index in [4.69, 9.17) is 16.2 Å². The summed E-state index contributed by atoms with van der Waals surface area (Å²) in [6, 6.07) is 8.80. The lowest BCUT2D eigenvalue weighted by Crippen LogP contribution is -2.13. The number of aromatic nitrogens is 1. The second kappa shape index (κ2) is 5.21. The molecule has 0 fully saturated rings. The molecule has 1 aromatic heterocycles. The van der Waals surface area contributed by atoms with E-state index in [0.29, 0.717) is 11.5 Å². The van der Waals surface area contributed by atoms with E-state index in [2.05, 4.69) is 27.6 Å². The number of halogens is 1. The van der Waals surface area contributed by atoms with Crippen molar-refractivity contribution < 1.29 is 9.53 Å². The van der Waals surface area contributed by atoms with Gasteiger partial charge in [-0.2, -0.15) is 0 Å². The van der Waals surface area contributed by atoms with Crippen LogP contribution < -0.4 is 16.2 Å². The van der Waals surface area contributed by atoms with Crippen molar-refractivity contribution in [3.8, 4) is 11.5 Å². The van der Waals surface area contributed by atoms with Gasteiger partial charge in [0.1, 0.15) is 11.6 Å². The Morgan fingerprint density at radius 1 is 1.33 bits per heavy atom. The first-order valence-corrected chi connectivity index (χ1v) is 6.13. The molecule has 18 heavy (non-hydrogen) atoms. The van der Waals surface area contributed by atoms with Gasteiger partial charge in [0.05, 0.1) is 11.8 Å². The maximum absolute atomic E-state index is 11.3. The Bertz CT molecular complexity index is 602. The third-order valence-corrected chi connectivity index (χ3v) is 2.85. The first-order valence-electron chi connectivity index (χ1n) is 5.05. The summed E-state index contributed by atoms with van der Waals surface area (Å²) >= 11 is 2.17. The summed E-state index contributed by atoms with van der Waals surface area (Å²) in [5.74, 6) is 0.512. The van der Waals surface area contributed by atoms with Crippen LogP contribution in [-0.4, -0.2) is 10.9 Å². The van der Waals surface area contributed by atoms with Gasteiger partial charge in [0.25, 0.3) is 5.91 Å². The zero-order valence-electron chi connectivity index (χ0n) is 9.26. The van der Waals surface area contributed by atoms with E-state index < -0.39 is 5.91 Å². The van der Waals surface area contributed by atoms with E-state index in [-0.39, 0.29) is 11.4 Å². The lowest BCUT2D eigenvalue weighted by atomic mass is 10.2. The minimum Gasteiger partial charge on any atom is -0.455 e. The molecular weight excluding hydrogens is 345 g/mol. The molecule has 0 aliphatic rings. The molecule has 0 bridgehead atoms. The zero-order chi connectivity index (χ0) is 13.1. The van der Waals surface area contributed by atoms with Crippen LogP contribution in [0.15, 0.2) is 36.5 Å². The molecule has 0 aliphatic heterocycles. The fraction of sp³-hybridized carbons (Fsp3) is 0. The van der Waals surface area contributed by atoms with E-state index in [1.54, 1.807) is 6.07 Å². The standard InChI is InChI=1S/C12H10IN3O2/c13-7-2-1-3-8(4-7)18-10-6-16-11(14)5-9(10)12(15)17/h1-6H,(H2,14,16)(H2,15,17). The molecule has 0 saturated carbocycles. The number of hydrogen-bond acceptors (Lipinski definition) is 4. The molecule has 0 atom stereocenters. The van der Waals surface area contributed by atoms with Crippen molar-refractivity contribution in [2.24, 2.45) is 5.73 Å². The number of nitrogens with two attached hydrogens (primary N) is 2. The van der Waals surface area contributed by atoms with E-state index in [1.807, 2.05) is 18.2 Å². The van der Waals surface area contributed by atoms with Gasteiger partial charge in [0, 0.05) is 3.57 Å². The number of ether oxygens (including phenoxy) is 1. The van der Waals surface area contributed by atoms with Crippen molar-refractivity contribution in [2.75, 3.05) is 5.73 Å². The van der Waals surface area contributed by atoms with Crippen LogP contribution in [0.1, 0.15) is 10.4 Å². The number of primary amides is 1. The molecule has 0 spiro atoms. The second-order valence-corrected chi connectivity index (χ2v) is 4.77. The maximum atomic E-state index is 11.3. The van der Waals surface area contributed by atoms with Crippen LogP contribution >= 0.6 is 22.6 Å². The van der Waals surface area contributed by atoms with E-state index >= 15 is 0 Å². The number of carbonyl (C=O) groups is 1. The van der Waals surface area contributed by atoms with Crippen molar-refractivity contribution in [2.45, 2.75) is 0 Å². The SMILES string of the molecule is NC(=O)c1cc(N)ncc1Oc1cccc(I)c1. The van der Waals surface area contributed by atoms with Crippen molar-refractivity contribution in [3.63, 3.8) is 0 Å². The number of nitrogen functional groups attached to an aromatic ring is 1. The molecule has 92 valence electrons. The molecule has 4 N–H and O–H groups in total. The Balaban J connectivity index is 2.37. The molecule has 0 saturated heterocycles. The van der Waals surface area contributed by atoms with Gasteiger partial charge in [-0.05, 0) is 46.9 Å². The Labute approximate surface area is 117 Å². The van der Waals surface area contributed by atoms with Gasteiger partial charge in [0.15, 0.2) is 5.75 Å². The van der Waals surface area contributed by atoms with Crippen molar-refractivity contribution in [1.29, 1.82) is 0 Å². The van der Waals surface area contributed by atoms with Gasteiger partial charge >= 0.3 is 0 Å². The quantitative estimate of drug-likeness (QED) is 0.826. The second-order valence-electron chi connectivity index (χ2n) is 3.53. The average Bonchev–Trinajstić information content (AvgIpc) is 2.31. The molecule has 6 heteroatoms. The maximum Gasteiger partial charge on any atom is 0.252 e. The van der Waals surface area contributed by atoms with Gasteiger partial charge in [-0.1, -0.05) is 6.07 Å². The van der Waals surface area contributed by atoms with E-state index in [0.717, 1.165) is 3.57 Å². The van der Waals surface area contributed by atoms with Crippen LogP contribution in [0.3, 0.4) is 0 Å². The lowest BCUT2D eigenvalue weighted by molar-refractivity contribution is 0.0998. The lowest BCUT2D eigenvalue weighted by Gasteiger charge is -2.09. The molecule has 1 amide bonds. The summed E-state index contributed by atoms with van der Waals surface area (Å²) in [7, 11) is 0. The number of anilines is 1. The Hall–Kier alpha value is -1.83. The number of carbonyl (C=O) groups excluding carboxylic acids is 1. The molecule has 2 aromatic rings. The fourth-order valence-corrected chi connectivity index (χ4v) is 1.90. The zero-order valence-corrected chi connectivity index (χ0v) is 11.4. The molecule has 1 heterocycles. The van der Waals surface area contributed by atoms with E-state index in [1.165, 1.54) is 12.3 Å². The van der Waals surface area contributed by atoms with Gasteiger partial charge in [-0.15, -0.1) is 0 Å². The predicted octanol–water partition coefficient (Wildman–Crippen LogP) is 2.16.